The van der Waals surface area contributed by atoms with Crippen molar-refractivity contribution in [1.29, 1.82) is 0 Å². The molecule has 2 aliphatic heterocycles. The number of nitrogens with zero attached hydrogens (tertiary/aromatic N) is 1. The van der Waals surface area contributed by atoms with Crippen LogP contribution < -0.4 is 0 Å². The molecule has 0 aromatic carbocycles. The lowest BCUT2D eigenvalue weighted by atomic mass is 9.99. The number of carboxylic acids is 1. The van der Waals surface area contributed by atoms with Gasteiger partial charge in [0.15, 0.2) is 6.04 Å². The number of aliphatic carboxylic acids is 1. The van der Waals surface area contributed by atoms with Crippen molar-refractivity contribution in [2.75, 3.05) is 12.3 Å². The second kappa shape index (κ2) is 5.17. The van der Waals surface area contributed by atoms with Crippen LogP contribution in [0, 0.1) is 0 Å². The molecule has 4 nitrogen and oxygen atoms in total. The van der Waals surface area contributed by atoms with Gasteiger partial charge in [-0.1, -0.05) is 0 Å². The highest BCUT2D eigenvalue weighted by Gasteiger charge is 2.39. The van der Waals surface area contributed by atoms with Crippen molar-refractivity contribution < 1.29 is 14.7 Å². The monoisotopic (exact) mass is 297 g/mol. The fourth-order valence-corrected chi connectivity index (χ4v) is 4.91. The van der Waals surface area contributed by atoms with Crippen LogP contribution in [0.4, 0.5) is 0 Å². The molecule has 0 aliphatic carbocycles. The van der Waals surface area contributed by atoms with E-state index in [1.165, 1.54) is 0 Å². The number of carbonyl (C=O) groups excluding carboxylic acids is 1. The first kappa shape index (κ1) is 13.0. The quantitative estimate of drug-likeness (QED) is 0.909. The lowest BCUT2D eigenvalue weighted by molar-refractivity contribution is -0.151. The number of fused-ring (bicyclic) bond motifs is 1. The molecule has 0 radical (unpaired) electrons. The molecule has 1 N–H and O–H groups in total. The Kier molecular flexibility index (Phi) is 3.54. The van der Waals surface area contributed by atoms with E-state index in [-0.39, 0.29) is 11.2 Å². The Bertz CT molecular complexity index is 508. The van der Waals surface area contributed by atoms with E-state index in [1.807, 2.05) is 11.4 Å². The summed E-state index contributed by atoms with van der Waals surface area (Å²) in [5.74, 6) is 0.0912. The van der Waals surface area contributed by atoms with Gasteiger partial charge in [0.1, 0.15) is 0 Å². The van der Waals surface area contributed by atoms with E-state index < -0.39 is 12.0 Å². The molecule has 1 aromatic heterocycles. The van der Waals surface area contributed by atoms with E-state index in [1.54, 1.807) is 28.0 Å². The molecule has 2 unspecified atom stereocenters. The van der Waals surface area contributed by atoms with Crippen molar-refractivity contribution in [3.8, 4) is 0 Å². The molecule has 1 saturated heterocycles. The van der Waals surface area contributed by atoms with Crippen LogP contribution >= 0.6 is 23.1 Å². The Morgan fingerprint density at radius 3 is 2.95 bits per heavy atom. The molecule has 3 rings (SSSR count). The number of amides is 1. The van der Waals surface area contributed by atoms with Gasteiger partial charge in [-0.2, -0.15) is 0 Å². The molecule has 1 fully saturated rings. The predicted octanol–water partition coefficient (Wildman–Crippen LogP) is 2.15. The maximum absolute atomic E-state index is 12.5. The number of rotatable bonds is 2. The molecular formula is C13H15NO3S2. The fraction of sp³-hybridized carbons (Fsp3) is 0.538. The average molecular weight is 297 g/mol. The molecule has 2 atom stereocenters. The van der Waals surface area contributed by atoms with Crippen molar-refractivity contribution in [3.05, 3.63) is 21.9 Å². The number of carboxylic acid groups (broad SMARTS) is 1. The predicted molar refractivity (Wildman–Crippen MR) is 75.6 cm³/mol. The van der Waals surface area contributed by atoms with Gasteiger partial charge in [-0.05, 0) is 42.0 Å². The third-order valence-electron chi connectivity index (χ3n) is 3.69. The second-order valence-corrected chi connectivity index (χ2v) is 7.13. The molecule has 1 amide bonds. The summed E-state index contributed by atoms with van der Waals surface area (Å²) >= 11 is 3.25. The van der Waals surface area contributed by atoms with Crippen molar-refractivity contribution in [2.45, 2.75) is 30.6 Å². The van der Waals surface area contributed by atoms with E-state index in [2.05, 4.69) is 0 Å². The van der Waals surface area contributed by atoms with Crippen molar-refractivity contribution in [2.24, 2.45) is 0 Å². The number of thiophene rings is 1. The molecule has 0 saturated carbocycles. The Balaban J connectivity index is 1.89. The first-order chi connectivity index (χ1) is 9.18. The van der Waals surface area contributed by atoms with Crippen LogP contribution in [0.15, 0.2) is 11.4 Å². The van der Waals surface area contributed by atoms with Crippen LogP contribution in [0.5, 0.6) is 0 Å². The Hall–Kier alpha value is -1.01. The van der Waals surface area contributed by atoms with Gasteiger partial charge in [0.25, 0.3) is 0 Å². The topological polar surface area (TPSA) is 57.6 Å². The minimum atomic E-state index is -0.921. The summed E-state index contributed by atoms with van der Waals surface area (Å²) in [7, 11) is 0. The maximum atomic E-state index is 12.5. The zero-order valence-corrected chi connectivity index (χ0v) is 12.0. The SMILES string of the molecule is O=C(O)C1c2ccsc2CCN1C(=O)C1CCCS1. The van der Waals surface area contributed by atoms with Gasteiger partial charge in [0, 0.05) is 11.4 Å². The number of thioether (sulfide) groups is 1. The largest absolute Gasteiger partial charge is 0.479 e. The van der Waals surface area contributed by atoms with E-state index in [9.17, 15) is 14.7 Å². The molecule has 1 aromatic rings. The highest BCUT2D eigenvalue weighted by atomic mass is 32.2. The summed E-state index contributed by atoms with van der Waals surface area (Å²) in [6.45, 7) is 0.528. The standard InChI is InChI=1S/C13H15NO3S2/c15-12(10-2-1-6-18-10)14-5-3-9-8(4-7-19-9)11(14)13(16)17/h4,7,10-11H,1-3,5-6H2,(H,16,17). The number of hydrogen-bond acceptors (Lipinski definition) is 4. The summed E-state index contributed by atoms with van der Waals surface area (Å²) in [4.78, 5) is 26.7. The molecule has 0 bridgehead atoms. The lowest BCUT2D eigenvalue weighted by Crippen LogP contribution is -2.46. The van der Waals surface area contributed by atoms with Gasteiger partial charge in [-0.3, -0.25) is 4.79 Å². The van der Waals surface area contributed by atoms with Gasteiger partial charge in [0.05, 0.1) is 5.25 Å². The highest BCUT2D eigenvalue weighted by molar-refractivity contribution is 8.00. The van der Waals surface area contributed by atoms with Crippen LogP contribution in [0.2, 0.25) is 0 Å². The van der Waals surface area contributed by atoms with Crippen molar-refractivity contribution >= 4 is 35.0 Å². The summed E-state index contributed by atoms with van der Waals surface area (Å²) in [6, 6.07) is 1.06. The zero-order valence-electron chi connectivity index (χ0n) is 10.4. The maximum Gasteiger partial charge on any atom is 0.331 e. The summed E-state index contributed by atoms with van der Waals surface area (Å²) < 4.78 is 0. The third kappa shape index (κ3) is 2.27. The van der Waals surface area contributed by atoms with E-state index in [0.29, 0.717) is 6.54 Å². The van der Waals surface area contributed by atoms with E-state index in [0.717, 1.165) is 35.5 Å². The normalized spacial score (nSPS) is 26.2. The molecule has 19 heavy (non-hydrogen) atoms. The molecule has 6 heteroatoms. The van der Waals surface area contributed by atoms with Crippen molar-refractivity contribution in [1.82, 2.24) is 4.90 Å². The summed E-state index contributed by atoms with van der Waals surface area (Å²) in [5.41, 5.74) is 0.806. The lowest BCUT2D eigenvalue weighted by Gasteiger charge is -2.34. The second-order valence-electron chi connectivity index (χ2n) is 4.82. The molecule has 2 aliphatic rings. The smallest absolute Gasteiger partial charge is 0.331 e. The van der Waals surface area contributed by atoms with E-state index >= 15 is 0 Å². The Morgan fingerprint density at radius 2 is 2.26 bits per heavy atom. The first-order valence-electron chi connectivity index (χ1n) is 6.39. The summed E-state index contributed by atoms with van der Waals surface area (Å²) in [6.07, 6.45) is 2.71. The average Bonchev–Trinajstić information content (AvgIpc) is 3.06. The Labute approximate surface area is 119 Å². The van der Waals surface area contributed by atoms with Crippen LogP contribution in [-0.2, 0) is 16.0 Å². The molecule has 102 valence electrons. The van der Waals surface area contributed by atoms with Crippen LogP contribution in [0.1, 0.15) is 29.3 Å². The number of carbonyl (C=O) groups is 2. The zero-order chi connectivity index (χ0) is 13.4. The third-order valence-corrected chi connectivity index (χ3v) is 6.05. The fourth-order valence-electron chi connectivity index (χ4n) is 2.78. The minimum Gasteiger partial charge on any atom is -0.479 e. The van der Waals surface area contributed by atoms with Gasteiger partial charge in [-0.25, -0.2) is 4.79 Å². The van der Waals surface area contributed by atoms with Gasteiger partial charge >= 0.3 is 5.97 Å². The molecular weight excluding hydrogens is 282 g/mol. The van der Waals surface area contributed by atoms with Crippen LogP contribution in [-0.4, -0.2) is 39.4 Å². The van der Waals surface area contributed by atoms with Crippen LogP contribution in [0.25, 0.3) is 0 Å². The van der Waals surface area contributed by atoms with Crippen LogP contribution in [0.3, 0.4) is 0 Å². The highest BCUT2D eigenvalue weighted by Crippen LogP contribution is 2.36. The van der Waals surface area contributed by atoms with Gasteiger partial charge in [0.2, 0.25) is 5.91 Å². The van der Waals surface area contributed by atoms with Gasteiger partial charge in [-0.15, -0.1) is 23.1 Å². The van der Waals surface area contributed by atoms with Gasteiger partial charge < -0.3 is 10.0 Å². The summed E-state index contributed by atoms with van der Waals surface area (Å²) in [5, 5.41) is 11.3. The number of hydrogen-bond donors (Lipinski definition) is 1. The minimum absolute atomic E-state index is 0.00625. The first-order valence-corrected chi connectivity index (χ1v) is 8.32. The molecule has 0 spiro atoms. The van der Waals surface area contributed by atoms with E-state index in [4.69, 9.17) is 0 Å². The van der Waals surface area contributed by atoms with Crippen molar-refractivity contribution in [3.63, 3.8) is 0 Å². The molecule has 3 heterocycles. The Morgan fingerprint density at radius 1 is 1.42 bits per heavy atom.